The molecule has 0 spiro atoms. The van der Waals surface area contributed by atoms with E-state index in [0.717, 1.165) is 12.2 Å². The number of aromatic nitrogens is 1. The van der Waals surface area contributed by atoms with E-state index in [1.165, 1.54) is 0 Å². The fourth-order valence-electron chi connectivity index (χ4n) is 1.78. The van der Waals surface area contributed by atoms with Gasteiger partial charge in [-0.3, -0.25) is 9.78 Å². The van der Waals surface area contributed by atoms with Gasteiger partial charge in [0.15, 0.2) is 0 Å². The molecule has 5 nitrogen and oxygen atoms in total. The second-order valence-corrected chi connectivity index (χ2v) is 5.44. The molecule has 1 unspecified atom stereocenters. The first-order valence-corrected chi connectivity index (χ1v) is 6.53. The molecule has 0 aromatic carbocycles. The predicted molar refractivity (Wildman–Crippen MR) is 77.7 cm³/mol. The number of carbonyl (C=O) groups is 1. The highest BCUT2D eigenvalue weighted by atomic mass is 16.1. The van der Waals surface area contributed by atoms with Gasteiger partial charge in [-0.2, -0.15) is 0 Å². The Bertz CT molecular complexity index is 400. The molecule has 1 aromatic heterocycles. The van der Waals surface area contributed by atoms with E-state index in [0.29, 0.717) is 11.6 Å². The molecule has 0 aliphatic heterocycles. The molecule has 1 rings (SSSR count). The maximum Gasteiger partial charge on any atom is 0.226 e. The summed E-state index contributed by atoms with van der Waals surface area (Å²) in [6.07, 6.45) is 1.86. The van der Waals surface area contributed by atoms with E-state index in [2.05, 4.69) is 29.0 Å². The third-order valence-electron chi connectivity index (χ3n) is 2.90. The van der Waals surface area contributed by atoms with Crippen molar-refractivity contribution < 1.29 is 4.79 Å². The van der Waals surface area contributed by atoms with Gasteiger partial charge in [0, 0.05) is 18.3 Å². The summed E-state index contributed by atoms with van der Waals surface area (Å²) in [6, 6.07) is 3.69. The van der Waals surface area contributed by atoms with Gasteiger partial charge in [0.1, 0.15) is 0 Å². The highest BCUT2D eigenvalue weighted by Gasteiger charge is 2.17. The summed E-state index contributed by atoms with van der Waals surface area (Å²) in [5.74, 6) is 0.392. The lowest BCUT2D eigenvalue weighted by atomic mass is 10.0. The number of anilines is 1. The third kappa shape index (κ3) is 5.70. The van der Waals surface area contributed by atoms with Crippen LogP contribution in [0.5, 0.6) is 0 Å². The first-order chi connectivity index (χ1) is 8.88. The summed E-state index contributed by atoms with van der Waals surface area (Å²) in [5, 5.41) is 3.06. The minimum absolute atomic E-state index is 0.00202. The van der Waals surface area contributed by atoms with Crippen molar-refractivity contribution in [3.8, 4) is 0 Å². The van der Waals surface area contributed by atoms with Crippen molar-refractivity contribution >= 4 is 11.6 Å². The maximum atomic E-state index is 12.0. The summed E-state index contributed by atoms with van der Waals surface area (Å²) >= 11 is 0. The summed E-state index contributed by atoms with van der Waals surface area (Å²) in [4.78, 5) is 18.2. The van der Waals surface area contributed by atoms with Crippen LogP contribution >= 0.6 is 0 Å². The largest absolute Gasteiger partial charge is 0.397 e. The summed E-state index contributed by atoms with van der Waals surface area (Å²) in [5.41, 5.74) is 6.91. The Labute approximate surface area is 115 Å². The molecule has 3 N–H and O–H groups in total. The van der Waals surface area contributed by atoms with Crippen molar-refractivity contribution in [2.24, 2.45) is 5.92 Å². The van der Waals surface area contributed by atoms with Crippen LogP contribution in [0.1, 0.15) is 19.5 Å². The quantitative estimate of drug-likeness (QED) is 0.801. The fraction of sp³-hybridized carbons (Fsp3) is 0.571. The minimum Gasteiger partial charge on any atom is -0.397 e. The summed E-state index contributed by atoms with van der Waals surface area (Å²) in [7, 11) is 4.01. The number of nitrogens with one attached hydrogen (secondary N) is 1. The van der Waals surface area contributed by atoms with Crippen molar-refractivity contribution in [3.05, 3.63) is 24.0 Å². The molecule has 0 bridgehead atoms. The molecule has 5 heteroatoms. The molecular weight excluding hydrogens is 240 g/mol. The lowest BCUT2D eigenvalue weighted by Gasteiger charge is -2.25. The molecule has 1 atom stereocenters. The van der Waals surface area contributed by atoms with Gasteiger partial charge in [-0.25, -0.2) is 0 Å². The van der Waals surface area contributed by atoms with Gasteiger partial charge in [0.25, 0.3) is 0 Å². The number of nitrogens with two attached hydrogens (primary N) is 1. The van der Waals surface area contributed by atoms with Crippen molar-refractivity contribution in [1.29, 1.82) is 0 Å². The van der Waals surface area contributed by atoms with E-state index in [-0.39, 0.29) is 18.4 Å². The Morgan fingerprint density at radius 1 is 1.42 bits per heavy atom. The maximum absolute atomic E-state index is 12.0. The van der Waals surface area contributed by atoms with Gasteiger partial charge in [-0.05, 0) is 32.1 Å². The number of nitrogens with zero attached hydrogens (tertiary/aromatic N) is 2. The predicted octanol–water partition coefficient (Wildman–Crippen LogP) is 0.909. The van der Waals surface area contributed by atoms with E-state index < -0.39 is 0 Å². The topological polar surface area (TPSA) is 71.2 Å². The number of nitrogen functional groups attached to an aromatic ring is 1. The smallest absolute Gasteiger partial charge is 0.226 e. The van der Waals surface area contributed by atoms with E-state index in [1.54, 1.807) is 18.3 Å². The monoisotopic (exact) mass is 264 g/mol. The van der Waals surface area contributed by atoms with Crippen LogP contribution < -0.4 is 11.1 Å². The number of likely N-dealkylation sites (N-methyl/N-ethyl adjacent to an activating group) is 1. The second-order valence-electron chi connectivity index (χ2n) is 5.44. The number of hydrogen-bond acceptors (Lipinski definition) is 4. The standard InChI is InChI=1S/C14H24N4O/c1-10(2)13(9-18(3)4)17-14(19)7-12-6-5-11(15)8-16-12/h5-6,8,10,13H,7,9,15H2,1-4H3,(H,17,19). The second kappa shape index (κ2) is 7.09. The molecule has 0 radical (unpaired) electrons. The Morgan fingerprint density at radius 3 is 2.58 bits per heavy atom. The van der Waals surface area contributed by atoms with Crippen LogP contribution in [0, 0.1) is 5.92 Å². The van der Waals surface area contributed by atoms with Gasteiger partial charge >= 0.3 is 0 Å². The van der Waals surface area contributed by atoms with Gasteiger partial charge in [0.2, 0.25) is 5.91 Å². The van der Waals surface area contributed by atoms with Crippen molar-refractivity contribution in [2.75, 3.05) is 26.4 Å². The highest BCUT2D eigenvalue weighted by molar-refractivity contribution is 5.78. The molecule has 0 saturated heterocycles. The van der Waals surface area contributed by atoms with Crippen molar-refractivity contribution in [3.63, 3.8) is 0 Å². The van der Waals surface area contributed by atoms with Crippen LogP contribution in [0.4, 0.5) is 5.69 Å². The van der Waals surface area contributed by atoms with Crippen molar-refractivity contribution in [1.82, 2.24) is 15.2 Å². The van der Waals surface area contributed by atoms with Gasteiger partial charge in [-0.15, -0.1) is 0 Å². The Hall–Kier alpha value is -1.62. The first kappa shape index (κ1) is 15.4. The van der Waals surface area contributed by atoms with E-state index in [4.69, 9.17) is 5.73 Å². The lowest BCUT2D eigenvalue weighted by molar-refractivity contribution is -0.121. The van der Waals surface area contributed by atoms with Gasteiger partial charge in [-0.1, -0.05) is 13.8 Å². The molecule has 1 aromatic rings. The number of pyridine rings is 1. The number of hydrogen-bond donors (Lipinski definition) is 2. The zero-order chi connectivity index (χ0) is 14.4. The molecule has 19 heavy (non-hydrogen) atoms. The van der Waals surface area contributed by atoms with Crippen LogP contribution in [0.25, 0.3) is 0 Å². The molecule has 106 valence electrons. The molecule has 0 aliphatic rings. The Kier molecular flexibility index (Phi) is 5.76. The zero-order valence-corrected chi connectivity index (χ0v) is 12.2. The zero-order valence-electron chi connectivity index (χ0n) is 12.2. The number of rotatable bonds is 6. The molecule has 0 saturated carbocycles. The number of carbonyl (C=O) groups excluding carboxylic acids is 1. The minimum atomic E-state index is -0.00202. The fourth-order valence-corrected chi connectivity index (χ4v) is 1.78. The van der Waals surface area contributed by atoms with Crippen LogP contribution in [-0.2, 0) is 11.2 Å². The molecule has 0 aliphatic carbocycles. The van der Waals surface area contributed by atoms with E-state index in [1.807, 2.05) is 14.1 Å². The van der Waals surface area contributed by atoms with Crippen LogP contribution in [0.3, 0.4) is 0 Å². The normalized spacial score (nSPS) is 12.7. The Morgan fingerprint density at radius 2 is 2.11 bits per heavy atom. The highest BCUT2D eigenvalue weighted by Crippen LogP contribution is 2.05. The van der Waals surface area contributed by atoms with Crippen LogP contribution in [0.2, 0.25) is 0 Å². The summed E-state index contributed by atoms with van der Waals surface area (Å²) in [6.45, 7) is 5.05. The van der Waals surface area contributed by atoms with Gasteiger partial charge < -0.3 is 16.0 Å². The van der Waals surface area contributed by atoms with Crippen LogP contribution in [0.15, 0.2) is 18.3 Å². The van der Waals surface area contributed by atoms with Crippen LogP contribution in [-0.4, -0.2) is 42.5 Å². The SMILES string of the molecule is CC(C)C(CN(C)C)NC(=O)Cc1ccc(N)cn1. The molecule has 0 fully saturated rings. The molecule has 1 amide bonds. The average molecular weight is 264 g/mol. The van der Waals surface area contributed by atoms with E-state index in [9.17, 15) is 4.79 Å². The first-order valence-electron chi connectivity index (χ1n) is 6.53. The van der Waals surface area contributed by atoms with E-state index >= 15 is 0 Å². The average Bonchev–Trinajstić information content (AvgIpc) is 2.30. The third-order valence-corrected chi connectivity index (χ3v) is 2.90. The molecular formula is C14H24N4O. The lowest BCUT2D eigenvalue weighted by Crippen LogP contribution is -2.45. The Balaban J connectivity index is 2.55. The number of amides is 1. The van der Waals surface area contributed by atoms with Gasteiger partial charge in [0.05, 0.1) is 18.3 Å². The van der Waals surface area contributed by atoms with Crippen molar-refractivity contribution in [2.45, 2.75) is 26.3 Å². The molecule has 1 heterocycles. The summed E-state index contributed by atoms with van der Waals surface area (Å²) < 4.78 is 0.